The summed E-state index contributed by atoms with van der Waals surface area (Å²) in [6.07, 6.45) is 1.32. The van der Waals surface area contributed by atoms with Gasteiger partial charge in [0.2, 0.25) is 0 Å². The zero-order valence-corrected chi connectivity index (χ0v) is 11.7. The van der Waals surface area contributed by atoms with Crippen molar-refractivity contribution in [2.24, 2.45) is 0 Å². The third-order valence-electron chi connectivity index (χ3n) is 2.88. The minimum Gasteiger partial charge on any atom is -0.321 e. The van der Waals surface area contributed by atoms with Crippen molar-refractivity contribution in [3.63, 3.8) is 0 Å². The van der Waals surface area contributed by atoms with E-state index in [2.05, 4.69) is 5.32 Å². The Morgan fingerprint density at radius 2 is 1.78 bits per heavy atom. The molecule has 0 radical (unpaired) electrons. The molecule has 23 heavy (non-hydrogen) atoms. The molecular weight excluding hydrogens is 301 g/mol. The highest BCUT2D eigenvalue weighted by atomic mass is 19.1. The van der Waals surface area contributed by atoms with Gasteiger partial charge in [-0.1, -0.05) is 12.1 Å². The van der Waals surface area contributed by atoms with Gasteiger partial charge in [0.1, 0.15) is 17.5 Å². The van der Waals surface area contributed by atoms with Crippen molar-refractivity contribution in [3.05, 3.63) is 75.6 Å². The van der Waals surface area contributed by atoms with Gasteiger partial charge in [-0.3, -0.25) is 14.9 Å². The number of nitro groups is 1. The molecule has 7 heteroatoms. The summed E-state index contributed by atoms with van der Waals surface area (Å²) < 4.78 is 12.8. The Labute approximate surface area is 130 Å². The van der Waals surface area contributed by atoms with Crippen LogP contribution in [0, 0.1) is 27.3 Å². The Morgan fingerprint density at radius 1 is 1.17 bits per heavy atom. The van der Waals surface area contributed by atoms with Crippen molar-refractivity contribution in [1.82, 2.24) is 0 Å². The summed E-state index contributed by atoms with van der Waals surface area (Å²) >= 11 is 0. The van der Waals surface area contributed by atoms with Gasteiger partial charge in [0.05, 0.1) is 4.92 Å². The number of benzene rings is 2. The van der Waals surface area contributed by atoms with Crippen LogP contribution in [0.2, 0.25) is 0 Å². The van der Waals surface area contributed by atoms with E-state index in [-0.39, 0.29) is 11.3 Å². The van der Waals surface area contributed by atoms with E-state index in [0.717, 1.165) is 0 Å². The maximum atomic E-state index is 12.8. The monoisotopic (exact) mass is 311 g/mol. The highest BCUT2D eigenvalue weighted by molar-refractivity contribution is 6.09. The predicted octanol–water partition coefficient (Wildman–Crippen LogP) is 3.28. The Bertz CT molecular complexity index is 806. The van der Waals surface area contributed by atoms with Crippen LogP contribution in [0.3, 0.4) is 0 Å². The summed E-state index contributed by atoms with van der Waals surface area (Å²) in [5.74, 6) is -1.08. The first kappa shape index (κ1) is 15.9. The minimum absolute atomic E-state index is 0.106. The second kappa shape index (κ2) is 6.95. The molecule has 0 heterocycles. The number of nitriles is 1. The van der Waals surface area contributed by atoms with Gasteiger partial charge in [0.25, 0.3) is 11.6 Å². The summed E-state index contributed by atoms with van der Waals surface area (Å²) in [6.45, 7) is 0. The number of nitrogens with one attached hydrogen (secondary N) is 1. The topological polar surface area (TPSA) is 96.0 Å². The Kier molecular flexibility index (Phi) is 4.79. The largest absolute Gasteiger partial charge is 0.321 e. The van der Waals surface area contributed by atoms with E-state index >= 15 is 0 Å². The molecule has 2 aromatic carbocycles. The molecule has 2 rings (SSSR count). The van der Waals surface area contributed by atoms with Crippen molar-refractivity contribution in [1.29, 1.82) is 5.26 Å². The molecule has 0 fully saturated rings. The van der Waals surface area contributed by atoms with Crippen molar-refractivity contribution >= 4 is 23.4 Å². The number of carbonyl (C=O) groups is 1. The maximum Gasteiger partial charge on any atom is 0.269 e. The van der Waals surface area contributed by atoms with Crippen LogP contribution in [0.25, 0.3) is 6.08 Å². The van der Waals surface area contributed by atoms with Crippen molar-refractivity contribution in [3.8, 4) is 6.07 Å². The molecule has 0 unspecified atom stereocenters. The lowest BCUT2D eigenvalue weighted by molar-refractivity contribution is -0.384. The van der Waals surface area contributed by atoms with Gasteiger partial charge in [0, 0.05) is 17.8 Å². The molecule has 0 aliphatic carbocycles. The predicted molar refractivity (Wildman–Crippen MR) is 81.7 cm³/mol. The molecule has 6 nitrogen and oxygen atoms in total. The third-order valence-corrected chi connectivity index (χ3v) is 2.88. The fraction of sp³-hybridized carbons (Fsp3) is 0. The number of amides is 1. The zero-order chi connectivity index (χ0) is 16.8. The maximum absolute atomic E-state index is 12.8. The second-order valence-corrected chi connectivity index (χ2v) is 4.48. The van der Waals surface area contributed by atoms with Crippen LogP contribution in [0.5, 0.6) is 0 Å². The number of anilines is 1. The number of hydrogen-bond donors (Lipinski definition) is 1. The van der Waals surface area contributed by atoms with E-state index in [0.29, 0.717) is 11.3 Å². The highest BCUT2D eigenvalue weighted by Crippen LogP contribution is 2.16. The highest BCUT2D eigenvalue weighted by Gasteiger charge is 2.11. The Balaban J connectivity index is 2.15. The Morgan fingerprint density at radius 3 is 2.30 bits per heavy atom. The number of halogens is 1. The molecule has 0 bridgehead atoms. The van der Waals surface area contributed by atoms with Gasteiger partial charge in [-0.05, 0) is 35.9 Å². The van der Waals surface area contributed by atoms with Crippen molar-refractivity contribution in [2.75, 3.05) is 5.32 Å². The first-order chi connectivity index (χ1) is 11.0. The summed E-state index contributed by atoms with van der Waals surface area (Å²) in [6, 6.07) is 12.3. The molecule has 1 amide bonds. The van der Waals surface area contributed by atoms with Gasteiger partial charge >= 0.3 is 0 Å². The molecule has 2 aromatic rings. The SMILES string of the molecule is N#CC(=Cc1ccc(F)cc1)C(=O)Nc1ccc([N+](=O)[O-])cc1. The average Bonchev–Trinajstić information content (AvgIpc) is 2.54. The van der Waals surface area contributed by atoms with Gasteiger partial charge in [-0.15, -0.1) is 0 Å². The number of carbonyl (C=O) groups excluding carboxylic acids is 1. The lowest BCUT2D eigenvalue weighted by atomic mass is 10.1. The summed E-state index contributed by atoms with van der Waals surface area (Å²) in [5, 5.41) is 22.1. The molecule has 0 spiro atoms. The molecule has 0 saturated heterocycles. The van der Waals surface area contributed by atoms with E-state index in [1.165, 1.54) is 54.6 Å². The first-order valence-corrected chi connectivity index (χ1v) is 6.43. The number of nitrogens with zero attached hydrogens (tertiary/aromatic N) is 2. The second-order valence-electron chi connectivity index (χ2n) is 4.48. The molecule has 1 N–H and O–H groups in total. The van der Waals surface area contributed by atoms with Crippen LogP contribution < -0.4 is 5.32 Å². The van der Waals surface area contributed by atoms with Crippen LogP contribution in [0.1, 0.15) is 5.56 Å². The molecule has 0 aliphatic heterocycles. The molecule has 0 atom stereocenters. The van der Waals surface area contributed by atoms with Gasteiger partial charge in [-0.2, -0.15) is 5.26 Å². The first-order valence-electron chi connectivity index (χ1n) is 6.43. The van der Waals surface area contributed by atoms with Gasteiger partial charge in [-0.25, -0.2) is 4.39 Å². The fourth-order valence-electron chi connectivity index (χ4n) is 1.74. The number of rotatable bonds is 4. The summed E-state index contributed by atoms with van der Waals surface area (Å²) in [7, 11) is 0. The fourth-order valence-corrected chi connectivity index (χ4v) is 1.74. The summed E-state index contributed by atoms with van der Waals surface area (Å²) in [4.78, 5) is 22.0. The quantitative estimate of drug-likeness (QED) is 0.405. The lowest BCUT2D eigenvalue weighted by Crippen LogP contribution is -2.13. The van der Waals surface area contributed by atoms with Crippen LogP contribution in [-0.4, -0.2) is 10.8 Å². The Hall–Kier alpha value is -3.53. The minimum atomic E-state index is -0.661. The van der Waals surface area contributed by atoms with E-state index < -0.39 is 16.6 Å². The molecule has 0 aromatic heterocycles. The molecular formula is C16H10FN3O3. The van der Waals surface area contributed by atoms with Gasteiger partial charge in [0.15, 0.2) is 0 Å². The number of nitro benzene ring substituents is 1. The number of hydrogen-bond acceptors (Lipinski definition) is 4. The van der Waals surface area contributed by atoms with Crippen molar-refractivity contribution < 1.29 is 14.1 Å². The summed E-state index contributed by atoms with van der Waals surface area (Å²) in [5.41, 5.74) is 0.544. The van der Waals surface area contributed by atoms with Crippen molar-refractivity contribution in [2.45, 2.75) is 0 Å². The molecule has 0 saturated carbocycles. The van der Waals surface area contributed by atoms with E-state index in [4.69, 9.17) is 5.26 Å². The lowest BCUT2D eigenvalue weighted by Gasteiger charge is -2.04. The third kappa shape index (κ3) is 4.22. The smallest absolute Gasteiger partial charge is 0.269 e. The van der Waals surface area contributed by atoms with Crippen LogP contribution in [0.4, 0.5) is 15.8 Å². The van der Waals surface area contributed by atoms with E-state index in [9.17, 15) is 19.3 Å². The zero-order valence-electron chi connectivity index (χ0n) is 11.7. The van der Waals surface area contributed by atoms with Crippen LogP contribution in [0.15, 0.2) is 54.1 Å². The molecule has 114 valence electrons. The normalized spacial score (nSPS) is 10.7. The van der Waals surface area contributed by atoms with Gasteiger partial charge < -0.3 is 5.32 Å². The number of non-ortho nitro benzene ring substituents is 1. The van der Waals surface area contributed by atoms with E-state index in [1.54, 1.807) is 6.07 Å². The van der Waals surface area contributed by atoms with E-state index in [1.807, 2.05) is 0 Å². The average molecular weight is 311 g/mol. The molecule has 0 aliphatic rings. The standard InChI is InChI=1S/C16H10FN3O3/c17-13-3-1-11(2-4-13)9-12(10-18)16(21)19-14-5-7-15(8-6-14)20(22)23/h1-9H,(H,19,21). The van der Waals surface area contributed by atoms with Crippen LogP contribution in [-0.2, 0) is 4.79 Å². The van der Waals surface area contributed by atoms with Crippen LogP contribution >= 0.6 is 0 Å².